The number of fused-ring (bicyclic) bond motifs is 1. The molecule has 0 spiro atoms. The number of carbonyl (C=O) groups excluding carboxylic acids is 1. The average Bonchev–Trinajstić information content (AvgIpc) is 2.91. The Kier molecular flexibility index (Phi) is 3.83. The number of nitrogens with one attached hydrogen (secondary N) is 2. The van der Waals surface area contributed by atoms with Crippen LogP contribution < -0.4 is 10.6 Å². The van der Waals surface area contributed by atoms with Gasteiger partial charge >= 0.3 is 0 Å². The van der Waals surface area contributed by atoms with E-state index in [1.54, 1.807) is 0 Å². The van der Waals surface area contributed by atoms with Gasteiger partial charge in [-0.1, -0.05) is 31.0 Å². The van der Waals surface area contributed by atoms with Crippen LogP contribution in [0.1, 0.15) is 42.4 Å². The Bertz CT molecular complexity index is 464. The first-order chi connectivity index (χ1) is 9.31. The van der Waals surface area contributed by atoms with Gasteiger partial charge < -0.3 is 10.6 Å². The van der Waals surface area contributed by atoms with Crippen LogP contribution in [0.2, 0.25) is 0 Å². The predicted molar refractivity (Wildman–Crippen MR) is 76.0 cm³/mol. The van der Waals surface area contributed by atoms with Gasteiger partial charge in [-0.15, -0.1) is 0 Å². The highest BCUT2D eigenvalue weighted by atomic mass is 16.1. The molecule has 0 aromatic heterocycles. The SMILES string of the molecule is O=C(Cc1ccc2c(c1)CNCC2)NC1CCCC1. The molecule has 19 heavy (non-hydrogen) atoms. The minimum atomic E-state index is 0.176. The lowest BCUT2D eigenvalue weighted by Gasteiger charge is -2.18. The van der Waals surface area contributed by atoms with E-state index in [2.05, 4.69) is 28.8 Å². The zero-order chi connectivity index (χ0) is 13.1. The summed E-state index contributed by atoms with van der Waals surface area (Å²) in [5.74, 6) is 0.176. The Labute approximate surface area is 114 Å². The first kappa shape index (κ1) is 12.7. The summed E-state index contributed by atoms with van der Waals surface area (Å²) >= 11 is 0. The van der Waals surface area contributed by atoms with Crippen molar-refractivity contribution in [1.29, 1.82) is 0 Å². The lowest BCUT2D eigenvalue weighted by molar-refractivity contribution is -0.121. The van der Waals surface area contributed by atoms with Gasteiger partial charge in [-0.3, -0.25) is 4.79 Å². The summed E-state index contributed by atoms with van der Waals surface area (Å²) in [5, 5.41) is 6.53. The van der Waals surface area contributed by atoms with Gasteiger partial charge in [0.05, 0.1) is 6.42 Å². The van der Waals surface area contributed by atoms with E-state index in [1.807, 2.05) is 0 Å². The van der Waals surface area contributed by atoms with E-state index in [0.717, 1.165) is 37.9 Å². The van der Waals surface area contributed by atoms with Crippen molar-refractivity contribution in [3.63, 3.8) is 0 Å². The molecule has 1 fully saturated rings. The van der Waals surface area contributed by atoms with Crippen LogP contribution in [0.3, 0.4) is 0 Å². The molecule has 0 atom stereocenters. The van der Waals surface area contributed by atoms with Gasteiger partial charge in [-0.05, 0) is 42.5 Å². The standard InChI is InChI=1S/C16H22N2O/c19-16(18-15-3-1-2-4-15)10-12-5-6-13-7-8-17-11-14(13)9-12/h5-6,9,15,17H,1-4,7-8,10-11H2,(H,18,19). The second kappa shape index (κ2) is 5.74. The summed E-state index contributed by atoms with van der Waals surface area (Å²) in [6.07, 6.45) is 6.44. The summed E-state index contributed by atoms with van der Waals surface area (Å²) in [6, 6.07) is 6.91. The van der Waals surface area contributed by atoms with Gasteiger partial charge in [0, 0.05) is 12.6 Å². The molecule has 1 heterocycles. The van der Waals surface area contributed by atoms with E-state index in [1.165, 1.54) is 24.0 Å². The summed E-state index contributed by atoms with van der Waals surface area (Å²) in [6.45, 7) is 2.00. The lowest BCUT2D eigenvalue weighted by Crippen LogP contribution is -2.33. The topological polar surface area (TPSA) is 41.1 Å². The quantitative estimate of drug-likeness (QED) is 0.870. The summed E-state index contributed by atoms with van der Waals surface area (Å²) in [7, 11) is 0. The van der Waals surface area contributed by atoms with Crippen LogP contribution in [-0.4, -0.2) is 18.5 Å². The van der Waals surface area contributed by atoms with Crippen molar-refractivity contribution in [2.45, 2.75) is 51.1 Å². The van der Waals surface area contributed by atoms with Crippen LogP contribution in [0.25, 0.3) is 0 Å². The highest BCUT2D eigenvalue weighted by Crippen LogP contribution is 2.19. The minimum absolute atomic E-state index is 0.176. The second-order valence-corrected chi connectivity index (χ2v) is 5.76. The van der Waals surface area contributed by atoms with Crippen LogP contribution >= 0.6 is 0 Å². The highest BCUT2D eigenvalue weighted by Gasteiger charge is 2.17. The Morgan fingerprint density at radius 3 is 2.95 bits per heavy atom. The molecule has 3 heteroatoms. The molecule has 1 aromatic rings. The Balaban J connectivity index is 1.61. The van der Waals surface area contributed by atoms with E-state index in [4.69, 9.17) is 0 Å². The molecule has 1 aromatic carbocycles. The van der Waals surface area contributed by atoms with Crippen molar-refractivity contribution in [2.24, 2.45) is 0 Å². The Morgan fingerprint density at radius 1 is 1.26 bits per heavy atom. The van der Waals surface area contributed by atoms with Gasteiger partial charge in [0.1, 0.15) is 0 Å². The number of benzene rings is 1. The predicted octanol–water partition coefficient (Wildman–Crippen LogP) is 1.93. The highest BCUT2D eigenvalue weighted by molar-refractivity contribution is 5.79. The Morgan fingerprint density at radius 2 is 2.11 bits per heavy atom. The number of amides is 1. The molecule has 3 nitrogen and oxygen atoms in total. The fraction of sp³-hybridized carbons (Fsp3) is 0.562. The molecule has 102 valence electrons. The first-order valence-corrected chi connectivity index (χ1v) is 7.42. The second-order valence-electron chi connectivity index (χ2n) is 5.76. The number of hydrogen-bond acceptors (Lipinski definition) is 2. The van der Waals surface area contributed by atoms with Crippen molar-refractivity contribution >= 4 is 5.91 Å². The maximum Gasteiger partial charge on any atom is 0.224 e. The maximum atomic E-state index is 12.0. The molecule has 3 rings (SSSR count). The van der Waals surface area contributed by atoms with Crippen molar-refractivity contribution in [2.75, 3.05) is 6.54 Å². The summed E-state index contributed by atoms with van der Waals surface area (Å²) < 4.78 is 0. The number of hydrogen-bond donors (Lipinski definition) is 2. The van der Waals surface area contributed by atoms with Crippen LogP contribution in [0.15, 0.2) is 18.2 Å². The van der Waals surface area contributed by atoms with Crippen LogP contribution in [-0.2, 0) is 24.2 Å². The molecular formula is C16H22N2O. The van der Waals surface area contributed by atoms with E-state index in [-0.39, 0.29) is 5.91 Å². The molecule has 2 aliphatic rings. The molecule has 0 saturated heterocycles. The van der Waals surface area contributed by atoms with Gasteiger partial charge in [0.15, 0.2) is 0 Å². The van der Waals surface area contributed by atoms with Gasteiger partial charge in [-0.2, -0.15) is 0 Å². The monoisotopic (exact) mass is 258 g/mol. The van der Waals surface area contributed by atoms with Crippen LogP contribution in [0, 0.1) is 0 Å². The third-order valence-electron chi connectivity index (χ3n) is 4.24. The van der Waals surface area contributed by atoms with E-state index < -0.39 is 0 Å². The third kappa shape index (κ3) is 3.16. The van der Waals surface area contributed by atoms with Crippen molar-refractivity contribution in [3.05, 3.63) is 34.9 Å². The van der Waals surface area contributed by atoms with Crippen molar-refractivity contribution in [3.8, 4) is 0 Å². The molecule has 1 amide bonds. The number of carbonyl (C=O) groups is 1. The smallest absolute Gasteiger partial charge is 0.224 e. The van der Waals surface area contributed by atoms with Gasteiger partial charge in [-0.25, -0.2) is 0 Å². The van der Waals surface area contributed by atoms with Gasteiger partial charge in [0.2, 0.25) is 5.91 Å². The van der Waals surface area contributed by atoms with E-state index in [0.29, 0.717) is 12.5 Å². The van der Waals surface area contributed by atoms with Gasteiger partial charge in [0.25, 0.3) is 0 Å². The zero-order valence-electron chi connectivity index (χ0n) is 11.4. The molecule has 0 bridgehead atoms. The van der Waals surface area contributed by atoms with E-state index in [9.17, 15) is 4.79 Å². The van der Waals surface area contributed by atoms with Crippen molar-refractivity contribution in [1.82, 2.24) is 10.6 Å². The normalized spacial score (nSPS) is 19.2. The average molecular weight is 258 g/mol. The molecular weight excluding hydrogens is 236 g/mol. The summed E-state index contributed by atoms with van der Waals surface area (Å²) in [4.78, 5) is 12.0. The van der Waals surface area contributed by atoms with Crippen molar-refractivity contribution < 1.29 is 4.79 Å². The van der Waals surface area contributed by atoms with E-state index >= 15 is 0 Å². The molecule has 1 aliphatic heterocycles. The molecule has 2 N–H and O–H groups in total. The fourth-order valence-corrected chi connectivity index (χ4v) is 3.18. The fourth-order valence-electron chi connectivity index (χ4n) is 3.18. The largest absolute Gasteiger partial charge is 0.353 e. The lowest BCUT2D eigenvalue weighted by atomic mass is 9.97. The summed E-state index contributed by atoms with van der Waals surface area (Å²) in [5.41, 5.74) is 3.93. The molecule has 0 unspecified atom stereocenters. The molecule has 0 radical (unpaired) electrons. The molecule has 1 saturated carbocycles. The first-order valence-electron chi connectivity index (χ1n) is 7.42. The maximum absolute atomic E-state index is 12.0. The Hall–Kier alpha value is -1.35. The third-order valence-corrected chi connectivity index (χ3v) is 4.24. The minimum Gasteiger partial charge on any atom is -0.353 e. The number of rotatable bonds is 3. The van der Waals surface area contributed by atoms with Crippen LogP contribution in [0.5, 0.6) is 0 Å². The van der Waals surface area contributed by atoms with Crippen LogP contribution in [0.4, 0.5) is 0 Å². The zero-order valence-corrected chi connectivity index (χ0v) is 11.4. The molecule has 1 aliphatic carbocycles.